The van der Waals surface area contributed by atoms with E-state index in [9.17, 15) is 14.4 Å². The summed E-state index contributed by atoms with van der Waals surface area (Å²) in [6.45, 7) is 9.41. The molecule has 1 amide bonds. The van der Waals surface area contributed by atoms with Gasteiger partial charge in [-0.3, -0.25) is 9.59 Å². The van der Waals surface area contributed by atoms with Gasteiger partial charge < -0.3 is 14.2 Å². The van der Waals surface area contributed by atoms with Crippen molar-refractivity contribution in [3.05, 3.63) is 22.5 Å². The molecular weight excluding hydrogens is 344 g/mol. The van der Waals surface area contributed by atoms with Gasteiger partial charge in [-0.05, 0) is 39.2 Å². The van der Waals surface area contributed by atoms with Crippen LogP contribution in [-0.4, -0.2) is 47.3 Å². The number of Topliss-reactive ketones (excluding diaryl/α,β-unsaturated/α-hetero) is 1. The Morgan fingerprint density at radius 3 is 2.26 bits per heavy atom. The Morgan fingerprint density at radius 2 is 1.78 bits per heavy atom. The number of ketones is 1. The summed E-state index contributed by atoms with van der Waals surface area (Å²) in [6.07, 6.45) is 3.65. The Labute approximate surface area is 162 Å². The number of nitrogens with zero attached hydrogens (tertiary/aromatic N) is 2. The van der Waals surface area contributed by atoms with Gasteiger partial charge in [-0.1, -0.05) is 26.7 Å². The van der Waals surface area contributed by atoms with Crippen molar-refractivity contribution in [1.29, 1.82) is 0 Å². The zero-order valence-corrected chi connectivity index (χ0v) is 18.0. The van der Waals surface area contributed by atoms with E-state index in [-0.39, 0.29) is 17.6 Å². The first-order valence-electron chi connectivity index (χ1n) is 9.68. The van der Waals surface area contributed by atoms with Crippen LogP contribution in [0.15, 0.2) is 0 Å². The Hall–Kier alpha value is -2.11. The van der Waals surface area contributed by atoms with Gasteiger partial charge in [0, 0.05) is 31.3 Å². The van der Waals surface area contributed by atoms with Gasteiger partial charge in [-0.25, -0.2) is 4.79 Å². The first kappa shape index (κ1) is 22.9. The molecule has 1 rings (SSSR count). The number of hydrogen-bond acceptors (Lipinski definition) is 4. The number of amides is 1. The van der Waals surface area contributed by atoms with Crippen LogP contribution in [0.1, 0.15) is 78.6 Å². The second-order valence-electron chi connectivity index (χ2n) is 7.22. The lowest BCUT2D eigenvalue weighted by atomic mass is 9.95. The number of esters is 1. The molecule has 0 aliphatic rings. The molecule has 0 radical (unpaired) electrons. The van der Waals surface area contributed by atoms with Crippen LogP contribution in [0.4, 0.5) is 0 Å². The standard InChI is InChI=1S/C21H34N2O4/c1-9-11-12-16(10-2)20(25)23(7)15(5)19(24)17-13(3)18(21(26)27-8)22(6)14(17)4/h15-16H,9-12H2,1-8H3. The maximum Gasteiger partial charge on any atom is 0.354 e. The van der Waals surface area contributed by atoms with E-state index in [4.69, 9.17) is 4.74 Å². The predicted molar refractivity (Wildman–Crippen MR) is 106 cm³/mol. The minimum Gasteiger partial charge on any atom is -0.464 e. The van der Waals surface area contributed by atoms with Gasteiger partial charge in [0.25, 0.3) is 0 Å². The summed E-state index contributed by atoms with van der Waals surface area (Å²) in [5.41, 5.74) is 2.15. The fourth-order valence-electron chi connectivity index (χ4n) is 3.54. The molecule has 0 fully saturated rings. The highest BCUT2D eigenvalue weighted by Crippen LogP contribution is 2.25. The number of likely N-dealkylation sites (N-methyl/N-ethyl adjacent to an activating group) is 1. The van der Waals surface area contributed by atoms with Crippen molar-refractivity contribution in [3.63, 3.8) is 0 Å². The molecule has 6 heteroatoms. The fourth-order valence-corrected chi connectivity index (χ4v) is 3.54. The van der Waals surface area contributed by atoms with Gasteiger partial charge in [0.1, 0.15) is 5.69 Å². The monoisotopic (exact) mass is 378 g/mol. The summed E-state index contributed by atoms with van der Waals surface area (Å²) < 4.78 is 6.52. The Kier molecular flexibility index (Phi) is 8.25. The molecule has 1 aromatic heterocycles. The number of carbonyl (C=O) groups excluding carboxylic acids is 3. The molecule has 0 saturated carbocycles. The molecular formula is C21H34N2O4. The van der Waals surface area contributed by atoms with Crippen LogP contribution >= 0.6 is 0 Å². The van der Waals surface area contributed by atoms with Crippen molar-refractivity contribution in [2.45, 2.75) is 66.3 Å². The first-order valence-corrected chi connectivity index (χ1v) is 9.68. The maximum absolute atomic E-state index is 13.2. The average molecular weight is 379 g/mol. The third kappa shape index (κ3) is 4.60. The van der Waals surface area contributed by atoms with Gasteiger partial charge in [-0.2, -0.15) is 0 Å². The molecule has 0 N–H and O–H groups in total. The molecule has 0 spiro atoms. The van der Waals surface area contributed by atoms with Crippen molar-refractivity contribution in [2.24, 2.45) is 13.0 Å². The van der Waals surface area contributed by atoms with E-state index in [1.807, 2.05) is 6.92 Å². The summed E-state index contributed by atoms with van der Waals surface area (Å²) in [7, 11) is 4.75. The van der Waals surface area contributed by atoms with Crippen molar-refractivity contribution in [2.75, 3.05) is 14.2 Å². The van der Waals surface area contributed by atoms with E-state index in [2.05, 4.69) is 6.92 Å². The Balaban J connectivity index is 3.15. The molecule has 6 nitrogen and oxygen atoms in total. The Morgan fingerprint density at radius 1 is 1.19 bits per heavy atom. The van der Waals surface area contributed by atoms with Gasteiger partial charge in [0.05, 0.1) is 13.2 Å². The van der Waals surface area contributed by atoms with Crippen LogP contribution in [-0.2, 0) is 16.6 Å². The molecule has 0 bridgehead atoms. The van der Waals surface area contributed by atoms with E-state index >= 15 is 0 Å². The maximum atomic E-state index is 13.2. The number of rotatable bonds is 9. The SMILES string of the molecule is CCCCC(CC)C(=O)N(C)C(C)C(=O)c1c(C)c(C(=O)OC)n(C)c1C. The minimum atomic E-state index is -0.599. The molecule has 0 aromatic carbocycles. The van der Waals surface area contributed by atoms with Crippen LogP contribution in [0.25, 0.3) is 0 Å². The van der Waals surface area contributed by atoms with Crippen molar-refractivity contribution < 1.29 is 19.1 Å². The van der Waals surface area contributed by atoms with Crippen molar-refractivity contribution in [1.82, 2.24) is 9.47 Å². The molecule has 152 valence electrons. The third-order valence-corrected chi connectivity index (χ3v) is 5.61. The van der Waals surface area contributed by atoms with Gasteiger partial charge in [0.15, 0.2) is 5.78 Å². The van der Waals surface area contributed by atoms with Crippen LogP contribution in [0.2, 0.25) is 0 Å². The summed E-state index contributed by atoms with van der Waals surface area (Å²) in [5, 5.41) is 0. The number of aromatic nitrogens is 1. The molecule has 2 unspecified atom stereocenters. The number of methoxy groups -OCH3 is 1. The van der Waals surface area contributed by atoms with Gasteiger partial charge in [0.2, 0.25) is 5.91 Å². The first-order chi connectivity index (χ1) is 12.6. The van der Waals surface area contributed by atoms with E-state index in [1.54, 1.807) is 44.3 Å². The zero-order chi connectivity index (χ0) is 20.9. The van der Waals surface area contributed by atoms with Crippen LogP contribution in [0, 0.1) is 19.8 Å². The summed E-state index contributed by atoms with van der Waals surface area (Å²) in [6, 6.07) is -0.599. The summed E-state index contributed by atoms with van der Waals surface area (Å²) in [5.74, 6) is -0.683. The van der Waals surface area contributed by atoms with Crippen molar-refractivity contribution >= 4 is 17.7 Å². The molecule has 2 atom stereocenters. The highest BCUT2D eigenvalue weighted by Gasteiger charge is 2.32. The van der Waals surface area contributed by atoms with E-state index in [1.165, 1.54) is 7.11 Å². The lowest BCUT2D eigenvalue weighted by Crippen LogP contribution is -2.43. The van der Waals surface area contributed by atoms with Crippen LogP contribution < -0.4 is 0 Å². The third-order valence-electron chi connectivity index (χ3n) is 5.61. The van der Waals surface area contributed by atoms with Gasteiger partial charge >= 0.3 is 5.97 Å². The van der Waals surface area contributed by atoms with E-state index in [0.717, 1.165) is 25.7 Å². The Bertz CT molecular complexity index is 706. The number of unbranched alkanes of at least 4 members (excludes halogenated alkanes) is 1. The smallest absolute Gasteiger partial charge is 0.354 e. The van der Waals surface area contributed by atoms with Crippen molar-refractivity contribution in [3.8, 4) is 0 Å². The molecule has 0 aliphatic carbocycles. The van der Waals surface area contributed by atoms with E-state index in [0.29, 0.717) is 22.5 Å². The topological polar surface area (TPSA) is 68.6 Å². The highest BCUT2D eigenvalue weighted by atomic mass is 16.5. The molecule has 1 heterocycles. The van der Waals surface area contributed by atoms with Crippen LogP contribution in [0.5, 0.6) is 0 Å². The normalized spacial score (nSPS) is 13.2. The largest absolute Gasteiger partial charge is 0.464 e. The second-order valence-corrected chi connectivity index (χ2v) is 7.22. The number of hydrogen-bond donors (Lipinski definition) is 0. The lowest BCUT2D eigenvalue weighted by Gasteiger charge is -2.28. The average Bonchev–Trinajstić information content (AvgIpc) is 2.88. The molecule has 0 saturated heterocycles. The second kappa shape index (κ2) is 9.72. The fraction of sp³-hybridized carbons (Fsp3) is 0.667. The highest BCUT2D eigenvalue weighted by molar-refractivity contribution is 6.06. The lowest BCUT2D eigenvalue weighted by molar-refractivity contribution is -0.135. The summed E-state index contributed by atoms with van der Waals surface area (Å²) in [4.78, 5) is 39.6. The molecule has 27 heavy (non-hydrogen) atoms. The number of ether oxygens (including phenoxy) is 1. The number of carbonyl (C=O) groups is 3. The quantitative estimate of drug-likeness (QED) is 0.486. The van der Waals surface area contributed by atoms with Gasteiger partial charge in [-0.15, -0.1) is 0 Å². The molecule has 1 aromatic rings. The molecule has 0 aliphatic heterocycles. The van der Waals surface area contributed by atoms with Crippen LogP contribution in [0.3, 0.4) is 0 Å². The zero-order valence-electron chi connectivity index (χ0n) is 18.0. The predicted octanol–water partition coefficient (Wildman–Crippen LogP) is 3.67. The minimum absolute atomic E-state index is 0.00577. The van der Waals surface area contributed by atoms with E-state index < -0.39 is 12.0 Å². The summed E-state index contributed by atoms with van der Waals surface area (Å²) >= 11 is 0.